The highest BCUT2D eigenvalue weighted by molar-refractivity contribution is 4.80. The van der Waals surface area contributed by atoms with E-state index in [0.717, 1.165) is 19.3 Å². The topological polar surface area (TPSA) is 38.7 Å². The molecule has 3 nitrogen and oxygen atoms in total. The van der Waals surface area contributed by atoms with Crippen molar-refractivity contribution in [3.63, 3.8) is 0 Å². The number of aliphatic hydroxyl groups is 1. The Bertz CT molecular complexity index is 222. The quantitative estimate of drug-likeness (QED) is 0.576. The first-order valence-electron chi connectivity index (χ1n) is 8.60. The van der Waals surface area contributed by atoms with Crippen LogP contribution in [-0.2, 0) is 9.47 Å². The van der Waals surface area contributed by atoms with Gasteiger partial charge in [0.25, 0.3) is 0 Å². The van der Waals surface area contributed by atoms with E-state index in [4.69, 9.17) is 9.47 Å². The van der Waals surface area contributed by atoms with Crippen LogP contribution in [-0.4, -0.2) is 31.2 Å². The smallest absolute Gasteiger partial charge is 0.157 e. The van der Waals surface area contributed by atoms with Gasteiger partial charge in [-0.1, -0.05) is 58.8 Å². The van der Waals surface area contributed by atoms with E-state index in [1.165, 1.54) is 44.9 Å². The fourth-order valence-corrected chi connectivity index (χ4v) is 2.91. The van der Waals surface area contributed by atoms with Gasteiger partial charge in [-0.25, -0.2) is 0 Å². The van der Waals surface area contributed by atoms with Crippen LogP contribution in [0.1, 0.15) is 78.1 Å². The van der Waals surface area contributed by atoms with Crippen molar-refractivity contribution in [2.24, 2.45) is 5.41 Å². The van der Waals surface area contributed by atoms with Crippen LogP contribution < -0.4 is 0 Å². The van der Waals surface area contributed by atoms with Crippen molar-refractivity contribution in [2.75, 3.05) is 19.8 Å². The number of aliphatic hydroxyl groups excluding tert-OH is 1. The first-order chi connectivity index (χ1) is 9.76. The first kappa shape index (κ1) is 17.9. The van der Waals surface area contributed by atoms with Crippen LogP contribution in [0.5, 0.6) is 0 Å². The minimum Gasteiger partial charge on any atom is -0.396 e. The van der Waals surface area contributed by atoms with Crippen LogP contribution >= 0.6 is 0 Å². The number of rotatable bonds is 11. The molecule has 1 aliphatic rings. The largest absolute Gasteiger partial charge is 0.396 e. The molecule has 20 heavy (non-hydrogen) atoms. The lowest BCUT2D eigenvalue weighted by Gasteiger charge is -2.38. The summed E-state index contributed by atoms with van der Waals surface area (Å²) in [5.41, 5.74) is -0.147. The lowest BCUT2D eigenvalue weighted by atomic mass is 9.85. The van der Waals surface area contributed by atoms with E-state index < -0.39 is 0 Å². The first-order valence-corrected chi connectivity index (χ1v) is 8.60. The fraction of sp³-hybridized carbons (Fsp3) is 1.00. The van der Waals surface area contributed by atoms with Crippen LogP contribution in [0.4, 0.5) is 0 Å². The third-order valence-electron chi connectivity index (χ3n) is 4.31. The van der Waals surface area contributed by atoms with Crippen molar-refractivity contribution in [1.29, 1.82) is 0 Å². The third kappa shape index (κ3) is 6.55. The van der Waals surface area contributed by atoms with Gasteiger partial charge >= 0.3 is 0 Å². The molecular formula is C17H34O3. The molecule has 0 amide bonds. The zero-order valence-electron chi connectivity index (χ0n) is 13.5. The van der Waals surface area contributed by atoms with E-state index in [2.05, 4.69) is 13.8 Å². The number of unbranched alkanes of at least 4 members (excludes halogenated alkanes) is 6. The Balaban J connectivity index is 2.04. The molecule has 1 saturated heterocycles. The van der Waals surface area contributed by atoms with Crippen molar-refractivity contribution < 1.29 is 14.6 Å². The minimum atomic E-state index is -0.147. The molecule has 0 spiro atoms. The summed E-state index contributed by atoms with van der Waals surface area (Å²) >= 11 is 0. The molecule has 0 aromatic rings. The number of hydrogen-bond donors (Lipinski definition) is 1. The highest BCUT2D eigenvalue weighted by Gasteiger charge is 2.35. The second kappa shape index (κ2) is 10.6. The molecule has 1 N–H and O–H groups in total. The van der Waals surface area contributed by atoms with Crippen molar-refractivity contribution in [1.82, 2.24) is 0 Å². The summed E-state index contributed by atoms with van der Waals surface area (Å²) in [6, 6.07) is 0. The summed E-state index contributed by atoms with van der Waals surface area (Å²) in [7, 11) is 0. The average molecular weight is 286 g/mol. The molecule has 3 heteroatoms. The summed E-state index contributed by atoms with van der Waals surface area (Å²) in [6.07, 6.45) is 12.2. The van der Waals surface area contributed by atoms with Gasteiger partial charge in [0.05, 0.1) is 19.8 Å². The molecule has 1 heterocycles. The zero-order valence-corrected chi connectivity index (χ0v) is 13.5. The van der Waals surface area contributed by atoms with Gasteiger partial charge in [0.15, 0.2) is 6.29 Å². The molecule has 0 aromatic heterocycles. The maximum absolute atomic E-state index is 9.52. The normalized spacial score (nSPS) is 26.9. The Kier molecular flexibility index (Phi) is 9.49. The van der Waals surface area contributed by atoms with E-state index in [9.17, 15) is 5.11 Å². The van der Waals surface area contributed by atoms with Gasteiger partial charge in [0.2, 0.25) is 0 Å². The molecule has 0 aromatic carbocycles. The Morgan fingerprint density at radius 3 is 2.05 bits per heavy atom. The summed E-state index contributed by atoms with van der Waals surface area (Å²) in [4.78, 5) is 0. The van der Waals surface area contributed by atoms with E-state index >= 15 is 0 Å². The zero-order chi connectivity index (χ0) is 14.7. The van der Waals surface area contributed by atoms with E-state index in [-0.39, 0.29) is 18.3 Å². The Labute approximate surface area is 125 Å². The Morgan fingerprint density at radius 1 is 0.900 bits per heavy atom. The van der Waals surface area contributed by atoms with Crippen LogP contribution in [0.3, 0.4) is 0 Å². The summed E-state index contributed by atoms with van der Waals surface area (Å²) in [5, 5.41) is 9.52. The lowest BCUT2D eigenvalue weighted by molar-refractivity contribution is -0.240. The highest BCUT2D eigenvalue weighted by Crippen LogP contribution is 2.30. The van der Waals surface area contributed by atoms with Crippen molar-refractivity contribution >= 4 is 0 Å². The van der Waals surface area contributed by atoms with Gasteiger partial charge in [-0.15, -0.1) is 0 Å². The van der Waals surface area contributed by atoms with E-state index in [1.54, 1.807) is 0 Å². The Morgan fingerprint density at radius 2 is 1.50 bits per heavy atom. The van der Waals surface area contributed by atoms with Crippen molar-refractivity contribution in [3.8, 4) is 0 Å². The molecule has 0 saturated carbocycles. The molecule has 1 rings (SSSR count). The molecule has 0 aliphatic carbocycles. The third-order valence-corrected chi connectivity index (χ3v) is 4.31. The van der Waals surface area contributed by atoms with Crippen molar-refractivity contribution in [2.45, 2.75) is 84.3 Å². The summed E-state index contributed by atoms with van der Waals surface area (Å²) in [5.74, 6) is 0. The molecule has 1 fully saturated rings. The second-order valence-corrected chi connectivity index (χ2v) is 6.37. The predicted octanol–water partition coefficient (Wildman–Crippen LogP) is 4.28. The van der Waals surface area contributed by atoms with Gasteiger partial charge < -0.3 is 14.6 Å². The summed E-state index contributed by atoms with van der Waals surface area (Å²) < 4.78 is 11.6. The standard InChI is InChI=1S/C17H34O3/c1-3-5-6-7-8-9-10-11-16-19-14-17(13-18,12-4-2)15-20-16/h16,18H,3-15H2,1-2H3. The predicted molar refractivity (Wildman–Crippen MR) is 82.7 cm³/mol. The lowest BCUT2D eigenvalue weighted by Crippen LogP contribution is -2.44. The van der Waals surface area contributed by atoms with Crippen LogP contribution in [0.15, 0.2) is 0 Å². The molecule has 0 atom stereocenters. The number of hydrogen-bond acceptors (Lipinski definition) is 3. The summed E-state index contributed by atoms with van der Waals surface area (Å²) in [6.45, 7) is 5.87. The molecule has 1 aliphatic heterocycles. The highest BCUT2D eigenvalue weighted by atomic mass is 16.7. The minimum absolute atomic E-state index is 0.0397. The van der Waals surface area contributed by atoms with Crippen LogP contribution in [0, 0.1) is 5.41 Å². The molecular weight excluding hydrogens is 252 g/mol. The SMILES string of the molecule is CCCCCCCCCC1OCC(CO)(CCC)CO1. The maximum atomic E-state index is 9.52. The van der Waals surface area contributed by atoms with Crippen LogP contribution in [0.2, 0.25) is 0 Å². The number of ether oxygens (including phenoxy) is 2. The van der Waals surface area contributed by atoms with Crippen molar-refractivity contribution in [3.05, 3.63) is 0 Å². The molecule has 120 valence electrons. The monoisotopic (exact) mass is 286 g/mol. The van der Waals surface area contributed by atoms with Gasteiger partial charge in [-0.05, 0) is 19.3 Å². The van der Waals surface area contributed by atoms with E-state index in [1.807, 2.05) is 0 Å². The molecule has 0 unspecified atom stereocenters. The van der Waals surface area contributed by atoms with Crippen LogP contribution in [0.25, 0.3) is 0 Å². The van der Waals surface area contributed by atoms with Gasteiger partial charge in [-0.2, -0.15) is 0 Å². The maximum Gasteiger partial charge on any atom is 0.157 e. The van der Waals surface area contributed by atoms with Gasteiger partial charge in [0.1, 0.15) is 0 Å². The fourth-order valence-electron chi connectivity index (χ4n) is 2.91. The van der Waals surface area contributed by atoms with Gasteiger partial charge in [0, 0.05) is 5.41 Å². The average Bonchev–Trinajstić information content (AvgIpc) is 2.48. The second-order valence-electron chi connectivity index (χ2n) is 6.37. The Hall–Kier alpha value is -0.120. The molecule has 0 radical (unpaired) electrons. The van der Waals surface area contributed by atoms with Gasteiger partial charge in [-0.3, -0.25) is 0 Å². The van der Waals surface area contributed by atoms with E-state index in [0.29, 0.717) is 13.2 Å². The molecule has 0 bridgehead atoms.